The van der Waals surface area contributed by atoms with E-state index in [1.807, 2.05) is 0 Å². The second kappa shape index (κ2) is 28.8. The van der Waals surface area contributed by atoms with Gasteiger partial charge >= 0.3 is 0 Å². The molecule has 90 heavy (non-hydrogen) atoms. The second-order valence-corrected chi connectivity index (χ2v) is 23.8. The molecule has 0 aliphatic carbocycles. The van der Waals surface area contributed by atoms with Crippen molar-refractivity contribution in [2.45, 2.75) is 139 Å². The number of fused-ring (bicyclic) bond motifs is 6. The predicted octanol–water partition coefficient (Wildman–Crippen LogP) is -0.212. The van der Waals surface area contributed by atoms with Gasteiger partial charge in [0.25, 0.3) is 11.8 Å². The van der Waals surface area contributed by atoms with E-state index in [2.05, 4.69) is 41.9 Å². The first-order valence-electron chi connectivity index (χ1n) is 30.7. The lowest BCUT2D eigenvalue weighted by Crippen LogP contribution is -2.64. The number of para-hydroxylation sites is 2. The summed E-state index contributed by atoms with van der Waals surface area (Å²) in [6.45, 7) is 0.906. The number of nitrogens with zero attached hydrogens (tertiary/aromatic N) is 8. The number of pyridine rings is 2. The molecule has 5 fully saturated rings. The fraction of sp³-hybridized carbons (Fsp3) is 0.516. The first-order valence-corrected chi connectivity index (χ1v) is 30.7. The van der Waals surface area contributed by atoms with Crippen LogP contribution in [0.1, 0.15) is 112 Å². The quantitative estimate of drug-likeness (QED) is 0.131. The van der Waals surface area contributed by atoms with E-state index in [1.165, 1.54) is 59.7 Å². The maximum absolute atomic E-state index is 15.0. The van der Waals surface area contributed by atoms with Gasteiger partial charge in [0.1, 0.15) is 47.8 Å². The average molecular weight is 1240 g/mol. The van der Waals surface area contributed by atoms with Crippen LogP contribution in [-0.4, -0.2) is 235 Å². The highest BCUT2D eigenvalue weighted by molar-refractivity contribution is 6.03. The Balaban J connectivity index is 0.998. The van der Waals surface area contributed by atoms with Crippen molar-refractivity contribution >= 4 is 92.7 Å². The smallest absolute Gasteiger partial charge is 0.274 e. The fourth-order valence-electron chi connectivity index (χ4n) is 12.5. The summed E-state index contributed by atoms with van der Waals surface area (Å²) in [6, 6.07) is 5.82. The van der Waals surface area contributed by atoms with Crippen molar-refractivity contribution in [2.75, 3.05) is 66.5 Å². The number of benzene rings is 2. The summed E-state index contributed by atoms with van der Waals surface area (Å²) < 4.78 is 0. The van der Waals surface area contributed by atoms with Crippen molar-refractivity contribution in [3.8, 4) is 11.5 Å². The Kier molecular flexibility index (Phi) is 20.8. The third kappa shape index (κ3) is 14.8. The van der Waals surface area contributed by atoms with Gasteiger partial charge in [-0.2, -0.15) is 0 Å². The number of piperidine rings is 4. The zero-order valence-electron chi connectivity index (χ0n) is 50.9. The first kappa shape index (κ1) is 65.0. The SMILES string of the molecule is C[C@H]1NC(=O)[C@@H]2CCCCN2C(=O)CN(C)C(=O)CNC(=O)[C@@H]2CCCCN2C(=O)[C@H](NC(=O)c2nc3ccccc3cc2O)[C@@H](C)NC(=O)[C@@H]2CCCCN2C(=O)CN(C)C(=O)CNC(=O)[C@@H]2CCCCN2C(=O)[C@@H]1NC(=O)c1nc2ccccc2cc1O. The third-order valence-electron chi connectivity index (χ3n) is 17.5. The van der Waals surface area contributed by atoms with Gasteiger partial charge in [-0.15, -0.1) is 0 Å². The lowest BCUT2D eigenvalue weighted by molar-refractivity contribution is -0.148. The Hall–Kier alpha value is -9.50. The van der Waals surface area contributed by atoms with Crippen LogP contribution < -0.4 is 31.9 Å². The van der Waals surface area contributed by atoms with E-state index in [9.17, 15) is 58.2 Å². The number of carbonyl (C=O) groups excluding carboxylic acids is 12. The molecule has 0 radical (unpaired) electrons. The molecule has 2 aromatic carbocycles. The van der Waals surface area contributed by atoms with Gasteiger partial charge in [0.2, 0.25) is 59.1 Å². The molecule has 2 aromatic heterocycles. The standard InChI is InChI=1S/C62H78N14O14/c1-35-51(69-59(87)53-45(77)29-37-17-5-7-19-39(37)67-53)61(89)75-27-15-11-21-41(75)55(83)63-31-47(79)72(4)34-50(82)74-26-14-10-24-44(74)58(86)66-36(2)52(70-60(88)54-46(78)30-38-18-6-8-20-40(38)68-54)62(90)76-28-16-12-22-42(76)56(84)64-32-48(80)71(3)33-49(81)73-25-13-9-23-43(73)57(85)65-35/h5-8,17-20,29-30,35-36,41-44,51-52,77-78H,9-16,21-28,31-34H2,1-4H3,(H,63,83)(H,64,84)(H,65,85)(H,66,86)(H,69,87)(H,70,88)/t35-,36-,41+,42+,43+,44+,51-,52-/m1/s1. The Bertz CT molecular complexity index is 3250. The lowest BCUT2D eigenvalue weighted by atomic mass is 9.97. The summed E-state index contributed by atoms with van der Waals surface area (Å²) in [6.07, 6.45) is 4.55. The van der Waals surface area contributed by atoms with Crippen LogP contribution in [0.15, 0.2) is 60.7 Å². The van der Waals surface area contributed by atoms with Crippen molar-refractivity contribution in [3.63, 3.8) is 0 Å². The lowest BCUT2D eigenvalue weighted by Gasteiger charge is -2.40. The van der Waals surface area contributed by atoms with Crippen LogP contribution in [0.3, 0.4) is 0 Å². The third-order valence-corrected chi connectivity index (χ3v) is 17.5. The van der Waals surface area contributed by atoms with Gasteiger partial charge in [0.15, 0.2) is 11.4 Å². The summed E-state index contributed by atoms with van der Waals surface area (Å²) in [4.78, 5) is 188. The minimum Gasteiger partial charge on any atom is -0.505 e. The molecule has 0 bridgehead atoms. The normalized spacial score (nSPS) is 25.7. The average Bonchev–Trinajstić information content (AvgIpc) is 0.974. The van der Waals surface area contributed by atoms with Crippen LogP contribution in [0.4, 0.5) is 0 Å². The minimum atomic E-state index is -1.61. The molecule has 12 amide bonds. The van der Waals surface area contributed by atoms with E-state index in [0.29, 0.717) is 73.2 Å². The van der Waals surface area contributed by atoms with Crippen LogP contribution in [0, 0.1) is 0 Å². The first-order chi connectivity index (χ1) is 43.1. The van der Waals surface area contributed by atoms with E-state index in [4.69, 9.17) is 0 Å². The number of amides is 12. The van der Waals surface area contributed by atoms with Crippen LogP contribution in [-0.2, 0) is 47.9 Å². The van der Waals surface area contributed by atoms with Crippen LogP contribution in [0.5, 0.6) is 11.5 Å². The molecule has 0 saturated carbocycles. The van der Waals surface area contributed by atoms with E-state index in [-0.39, 0.29) is 51.9 Å². The van der Waals surface area contributed by atoms with E-state index >= 15 is 9.59 Å². The Morgan fingerprint density at radius 1 is 0.467 bits per heavy atom. The maximum atomic E-state index is 15.0. The highest BCUT2D eigenvalue weighted by Crippen LogP contribution is 2.27. The van der Waals surface area contributed by atoms with Gasteiger partial charge in [-0.05, 0) is 115 Å². The molecule has 5 saturated heterocycles. The topological polar surface area (TPSA) is 363 Å². The Morgan fingerprint density at radius 3 is 1.17 bits per heavy atom. The summed E-state index contributed by atoms with van der Waals surface area (Å²) >= 11 is 0. The molecule has 28 nitrogen and oxygen atoms in total. The highest BCUT2D eigenvalue weighted by Gasteiger charge is 2.44. The number of nitrogens with one attached hydrogen (secondary N) is 6. The zero-order valence-corrected chi connectivity index (χ0v) is 50.9. The summed E-state index contributed by atoms with van der Waals surface area (Å²) in [7, 11) is 2.68. The number of likely N-dealkylation sites (N-methyl/N-ethyl adjacent to an activating group) is 2. The number of rotatable bonds is 4. The molecule has 480 valence electrons. The summed E-state index contributed by atoms with van der Waals surface area (Å²) in [5, 5.41) is 39.3. The van der Waals surface area contributed by atoms with Crippen molar-refractivity contribution in [1.82, 2.24) is 71.3 Å². The van der Waals surface area contributed by atoms with Crippen LogP contribution >= 0.6 is 0 Å². The molecular formula is C62H78N14O14. The predicted molar refractivity (Wildman–Crippen MR) is 323 cm³/mol. The molecular weight excluding hydrogens is 1160 g/mol. The summed E-state index contributed by atoms with van der Waals surface area (Å²) in [5.41, 5.74) is -0.135. The van der Waals surface area contributed by atoms with Crippen LogP contribution in [0.2, 0.25) is 0 Å². The van der Waals surface area contributed by atoms with Gasteiger partial charge in [-0.3, -0.25) is 57.5 Å². The monoisotopic (exact) mass is 1240 g/mol. The number of carbonyl (C=O) groups is 12. The van der Waals surface area contributed by atoms with Gasteiger partial charge < -0.3 is 71.5 Å². The van der Waals surface area contributed by atoms with Gasteiger partial charge in [-0.1, -0.05) is 36.4 Å². The van der Waals surface area contributed by atoms with E-state index < -0.39 is 168 Å². The summed E-state index contributed by atoms with van der Waals surface area (Å²) in [5.74, 6) is -10.0. The van der Waals surface area contributed by atoms with Crippen molar-refractivity contribution in [1.29, 1.82) is 0 Å². The van der Waals surface area contributed by atoms with Crippen molar-refractivity contribution < 1.29 is 67.7 Å². The molecule has 0 spiro atoms. The molecule has 5 aliphatic heterocycles. The van der Waals surface area contributed by atoms with E-state index in [1.54, 1.807) is 48.5 Å². The largest absolute Gasteiger partial charge is 0.505 e. The van der Waals surface area contributed by atoms with Crippen LogP contribution in [0.25, 0.3) is 21.8 Å². The van der Waals surface area contributed by atoms with E-state index in [0.717, 1.165) is 9.80 Å². The fourth-order valence-corrected chi connectivity index (χ4v) is 12.5. The molecule has 5 aliphatic rings. The number of hydrogen-bond donors (Lipinski definition) is 8. The van der Waals surface area contributed by atoms with Gasteiger partial charge in [0.05, 0.1) is 49.3 Å². The number of aromatic hydroxyl groups is 2. The molecule has 0 unspecified atom stereocenters. The maximum Gasteiger partial charge on any atom is 0.274 e. The van der Waals surface area contributed by atoms with Crippen molar-refractivity contribution in [2.24, 2.45) is 0 Å². The Labute approximate surface area is 519 Å². The number of aromatic nitrogens is 2. The molecule has 9 rings (SSSR count). The number of hydrogen-bond acceptors (Lipinski definition) is 16. The highest BCUT2D eigenvalue weighted by atomic mass is 16.3. The second-order valence-electron chi connectivity index (χ2n) is 23.8. The molecule has 7 heterocycles. The molecule has 8 N–H and O–H groups in total. The van der Waals surface area contributed by atoms with Crippen molar-refractivity contribution in [3.05, 3.63) is 72.1 Å². The Morgan fingerprint density at radius 2 is 0.800 bits per heavy atom. The zero-order chi connectivity index (χ0) is 64.5. The molecule has 28 heteroatoms. The van der Waals surface area contributed by atoms with Gasteiger partial charge in [0, 0.05) is 51.0 Å². The molecule has 4 aromatic rings. The minimum absolute atomic E-state index is 0.0218. The molecule has 8 atom stereocenters. The van der Waals surface area contributed by atoms with Gasteiger partial charge in [-0.25, -0.2) is 9.97 Å².